The molecule has 4 rings (SSSR count). The number of hydrogen-bond acceptors (Lipinski definition) is 10. The quantitative estimate of drug-likeness (QED) is 0.395. The van der Waals surface area contributed by atoms with E-state index in [0.717, 1.165) is 28.2 Å². The summed E-state index contributed by atoms with van der Waals surface area (Å²) in [6.45, 7) is 7.19. The molecule has 0 bridgehead atoms. The van der Waals surface area contributed by atoms with Crippen molar-refractivity contribution in [3.63, 3.8) is 0 Å². The monoisotopic (exact) mass is 542 g/mol. The lowest BCUT2D eigenvalue weighted by Gasteiger charge is -2.35. The van der Waals surface area contributed by atoms with Gasteiger partial charge in [0.15, 0.2) is 5.82 Å². The number of anilines is 1. The highest BCUT2D eigenvalue weighted by molar-refractivity contribution is 5.75. The highest BCUT2D eigenvalue weighted by Gasteiger charge is 2.27. The van der Waals surface area contributed by atoms with Crippen LogP contribution in [0.2, 0.25) is 0 Å². The van der Waals surface area contributed by atoms with Gasteiger partial charge in [0, 0.05) is 43.9 Å². The zero-order valence-electron chi connectivity index (χ0n) is 22.7. The van der Waals surface area contributed by atoms with E-state index < -0.39 is 18.9 Å². The van der Waals surface area contributed by atoms with Crippen LogP contribution in [-0.4, -0.2) is 97.0 Å². The number of aliphatic hydroxyl groups is 1. The largest absolute Gasteiger partial charge is 0.491 e. The average molecular weight is 543 g/mol. The molecule has 11 nitrogen and oxygen atoms in total. The van der Waals surface area contributed by atoms with Crippen LogP contribution in [0, 0.1) is 20.8 Å². The zero-order chi connectivity index (χ0) is 27.9. The molecule has 1 aliphatic heterocycles. The first kappa shape index (κ1) is 28.2. The third-order valence-corrected chi connectivity index (χ3v) is 6.50. The number of ether oxygens (including phenoxy) is 2. The number of nitrogens with zero attached hydrogens (tertiary/aromatic N) is 5. The minimum absolute atomic E-state index is 0.146. The number of piperazine rings is 1. The Balaban J connectivity index is 1.67. The van der Waals surface area contributed by atoms with E-state index in [1.165, 1.54) is 0 Å². The van der Waals surface area contributed by atoms with E-state index in [1.807, 2.05) is 45.0 Å². The fourth-order valence-electron chi connectivity index (χ4n) is 4.54. The Morgan fingerprint density at radius 2 is 1.97 bits per heavy atom. The van der Waals surface area contributed by atoms with Crippen molar-refractivity contribution in [2.45, 2.75) is 26.9 Å². The summed E-state index contributed by atoms with van der Waals surface area (Å²) in [6, 6.07) is 7.42. The fraction of sp³-hybridized carbons (Fsp3) is 0.481. The van der Waals surface area contributed by atoms with Crippen LogP contribution in [0.25, 0.3) is 22.6 Å². The summed E-state index contributed by atoms with van der Waals surface area (Å²) in [5.41, 5.74) is 3.87. The second-order valence-electron chi connectivity index (χ2n) is 9.37. The van der Waals surface area contributed by atoms with Gasteiger partial charge in [-0.1, -0.05) is 17.3 Å². The third kappa shape index (κ3) is 6.63. The van der Waals surface area contributed by atoms with Gasteiger partial charge in [0.25, 0.3) is 0 Å². The van der Waals surface area contributed by atoms with E-state index in [-0.39, 0.29) is 13.2 Å². The number of likely N-dealkylation sites (N-methyl/N-ethyl adjacent to an activating group) is 1. The fourth-order valence-corrected chi connectivity index (χ4v) is 4.54. The molecule has 3 aromatic rings. The Kier molecular flexibility index (Phi) is 9.31. The van der Waals surface area contributed by atoms with Gasteiger partial charge in [-0.3, -0.25) is 0 Å². The van der Waals surface area contributed by atoms with Crippen LogP contribution in [0.15, 0.2) is 28.8 Å². The molecule has 1 aromatic carbocycles. The number of benzene rings is 1. The second kappa shape index (κ2) is 12.9. The smallest absolute Gasteiger partial charge is 0.409 e. The van der Waals surface area contributed by atoms with Crippen LogP contribution >= 0.6 is 0 Å². The van der Waals surface area contributed by atoms with Gasteiger partial charge >= 0.3 is 6.09 Å². The average Bonchev–Trinajstić information content (AvgIpc) is 3.28. The summed E-state index contributed by atoms with van der Waals surface area (Å²) in [6.07, 6.45) is -1.15. The molecule has 1 atom stereocenters. The molecule has 2 aromatic heterocycles. The summed E-state index contributed by atoms with van der Waals surface area (Å²) in [5.74, 6) is 2.48. The topological polar surface area (TPSA) is 126 Å². The first-order valence-corrected chi connectivity index (χ1v) is 12.9. The van der Waals surface area contributed by atoms with Gasteiger partial charge in [-0.15, -0.1) is 0 Å². The molecule has 1 saturated heterocycles. The highest BCUT2D eigenvalue weighted by Crippen LogP contribution is 2.35. The number of nitrogens with one attached hydrogen (secondary N) is 1. The van der Waals surface area contributed by atoms with Gasteiger partial charge < -0.3 is 34.2 Å². The van der Waals surface area contributed by atoms with Crippen molar-refractivity contribution in [3.05, 3.63) is 41.3 Å². The molecule has 3 heterocycles. The molecule has 39 heavy (non-hydrogen) atoms. The molecule has 0 radical (unpaired) electrons. The molecule has 1 amide bonds. The Hall–Kier alpha value is -3.77. The van der Waals surface area contributed by atoms with Gasteiger partial charge in [0.05, 0.1) is 17.0 Å². The van der Waals surface area contributed by atoms with Crippen molar-refractivity contribution in [2.75, 3.05) is 64.6 Å². The number of hydrogen-bond donors (Lipinski definition) is 2. The van der Waals surface area contributed by atoms with Crippen LogP contribution in [0.1, 0.15) is 17.0 Å². The molecule has 12 heteroatoms. The SMILES string of the molecule is CNCC(O)COc1cccc(-c2nc(-c3c(C)noc3C)c(C)c(N3CCN(C(=O)OCCF)CC3)n2)c1. The van der Waals surface area contributed by atoms with Gasteiger partial charge in [0.1, 0.15) is 43.3 Å². The number of alkyl halides is 1. The lowest BCUT2D eigenvalue weighted by molar-refractivity contribution is 0.0943. The molecule has 1 fully saturated rings. The van der Waals surface area contributed by atoms with Crippen molar-refractivity contribution in [1.82, 2.24) is 25.3 Å². The lowest BCUT2D eigenvalue weighted by Crippen LogP contribution is -2.49. The molecule has 0 aliphatic carbocycles. The standard InChI is InChI=1S/C27H35FN6O5/c1-17-24(23-18(2)32-39-19(23)3)30-25(20-6-5-7-22(14-20)38-16-21(35)15-29-4)31-26(17)33-9-11-34(12-10-33)27(36)37-13-8-28/h5-7,14,21,29,35H,8-13,15-16H2,1-4H3. The molecule has 2 N–H and O–H groups in total. The first-order valence-electron chi connectivity index (χ1n) is 12.9. The molecular weight excluding hydrogens is 507 g/mol. The van der Waals surface area contributed by atoms with E-state index in [1.54, 1.807) is 11.9 Å². The van der Waals surface area contributed by atoms with Crippen LogP contribution in [0.5, 0.6) is 5.75 Å². The maximum Gasteiger partial charge on any atom is 0.409 e. The Labute approximate surface area is 226 Å². The summed E-state index contributed by atoms with van der Waals surface area (Å²) in [4.78, 5) is 25.8. The van der Waals surface area contributed by atoms with Gasteiger partial charge in [-0.05, 0) is 40.0 Å². The van der Waals surface area contributed by atoms with Crippen LogP contribution in [-0.2, 0) is 4.74 Å². The van der Waals surface area contributed by atoms with E-state index in [9.17, 15) is 14.3 Å². The number of carbonyl (C=O) groups is 1. The Morgan fingerprint density at radius 3 is 2.64 bits per heavy atom. The predicted molar refractivity (Wildman–Crippen MR) is 144 cm³/mol. The maximum absolute atomic E-state index is 12.4. The molecule has 0 spiro atoms. The summed E-state index contributed by atoms with van der Waals surface area (Å²) >= 11 is 0. The van der Waals surface area contributed by atoms with Crippen molar-refractivity contribution >= 4 is 11.9 Å². The van der Waals surface area contributed by atoms with Crippen molar-refractivity contribution in [1.29, 1.82) is 0 Å². The normalized spacial score (nSPS) is 14.4. The highest BCUT2D eigenvalue weighted by atomic mass is 19.1. The summed E-state index contributed by atoms with van der Waals surface area (Å²) in [5, 5.41) is 17.1. The lowest BCUT2D eigenvalue weighted by atomic mass is 10.0. The van der Waals surface area contributed by atoms with E-state index in [4.69, 9.17) is 24.0 Å². The predicted octanol–water partition coefficient (Wildman–Crippen LogP) is 2.91. The minimum atomic E-state index is -0.706. The first-order chi connectivity index (χ1) is 18.8. The number of aliphatic hydroxyl groups excluding tert-OH is 1. The molecule has 1 aliphatic rings. The van der Waals surface area contributed by atoms with Crippen molar-refractivity contribution < 1.29 is 28.3 Å². The number of amides is 1. The van der Waals surface area contributed by atoms with E-state index in [2.05, 4.69) is 15.4 Å². The second-order valence-corrected chi connectivity index (χ2v) is 9.37. The van der Waals surface area contributed by atoms with E-state index >= 15 is 0 Å². The Morgan fingerprint density at radius 1 is 1.21 bits per heavy atom. The molecule has 0 saturated carbocycles. The maximum atomic E-state index is 12.4. The number of aromatic nitrogens is 3. The third-order valence-electron chi connectivity index (χ3n) is 6.50. The zero-order valence-corrected chi connectivity index (χ0v) is 22.7. The van der Waals surface area contributed by atoms with Crippen LogP contribution in [0.3, 0.4) is 0 Å². The van der Waals surface area contributed by atoms with Gasteiger partial charge in [0.2, 0.25) is 0 Å². The van der Waals surface area contributed by atoms with Crippen LogP contribution in [0.4, 0.5) is 15.0 Å². The number of aryl methyl sites for hydroxylation is 2. The Bertz CT molecular complexity index is 1260. The summed E-state index contributed by atoms with van der Waals surface area (Å²) < 4.78 is 28.6. The molecule has 210 valence electrons. The molecular formula is C27H35FN6O5. The minimum Gasteiger partial charge on any atom is -0.491 e. The van der Waals surface area contributed by atoms with E-state index in [0.29, 0.717) is 55.8 Å². The summed E-state index contributed by atoms with van der Waals surface area (Å²) in [7, 11) is 1.77. The number of carbonyl (C=O) groups excluding carboxylic acids is 1. The van der Waals surface area contributed by atoms with Gasteiger partial charge in [-0.2, -0.15) is 0 Å². The van der Waals surface area contributed by atoms with Crippen LogP contribution < -0.4 is 15.0 Å². The van der Waals surface area contributed by atoms with Crippen molar-refractivity contribution in [3.8, 4) is 28.4 Å². The number of rotatable bonds is 10. The molecule has 1 unspecified atom stereocenters. The number of halogens is 1. The van der Waals surface area contributed by atoms with Crippen molar-refractivity contribution in [2.24, 2.45) is 0 Å². The van der Waals surface area contributed by atoms with Gasteiger partial charge in [-0.25, -0.2) is 19.2 Å².